The lowest BCUT2D eigenvalue weighted by Crippen LogP contribution is -2.34. The summed E-state index contributed by atoms with van der Waals surface area (Å²) in [6.07, 6.45) is 3.84. The third-order valence-corrected chi connectivity index (χ3v) is 5.17. The Morgan fingerprint density at radius 3 is 2.71 bits per heavy atom. The van der Waals surface area contributed by atoms with Gasteiger partial charge in [-0.1, -0.05) is 11.6 Å². The van der Waals surface area contributed by atoms with Gasteiger partial charge < -0.3 is 9.67 Å². The summed E-state index contributed by atoms with van der Waals surface area (Å²) in [5.74, 6) is -0.851. The number of halogens is 1. The number of nitrogens with zero attached hydrogens (tertiary/aromatic N) is 2. The molecule has 0 spiro atoms. The minimum atomic E-state index is -0.851. The van der Waals surface area contributed by atoms with Gasteiger partial charge in [0.05, 0.1) is 4.34 Å². The molecule has 0 radical (unpaired) electrons. The molecule has 1 aliphatic rings. The average Bonchev–Trinajstić information content (AvgIpc) is 3.09. The summed E-state index contributed by atoms with van der Waals surface area (Å²) in [6, 6.07) is 7.78. The van der Waals surface area contributed by atoms with Gasteiger partial charge in [0, 0.05) is 36.8 Å². The van der Waals surface area contributed by atoms with Gasteiger partial charge in [0.1, 0.15) is 5.69 Å². The number of aromatic nitrogens is 1. The first-order valence-electron chi connectivity index (χ1n) is 7.00. The number of thiophene rings is 1. The molecule has 4 nitrogen and oxygen atoms in total. The van der Waals surface area contributed by atoms with Crippen molar-refractivity contribution in [3.05, 3.63) is 45.4 Å². The zero-order valence-corrected chi connectivity index (χ0v) is 13.1. The number of piperidine rings is 1. The van der Waals surface area contributed by atoms with Crippen LogP contribution in [0.2, 0.25) is 4.34 Å². The molecule has 1 N–H and O–H groups in total. The van der Waals surface area contributed by atoms with E-state index in [4.69, 9.17) is 11.6 Å². The molecule has 0 amide bonds. The quantitative estimate of drug-likeness (QED) is 0.932. The van der Waals surface area contributed by atoms with Gasteiger partial charge in [-0.15, -0.1) is 11.3 Å². The first kappa shape index (κ1) is 14.6. The lowest BCUT2D eigenvalue weighted by molar-refractivity contribution is 0.0678. The van der Waals surface area contributed by atoms with E-state index in [1.165, 1.54) is 4.88 Å². The Bertz CT molecular complexity index is 629. The molecule has 1 fully saturated rings. The molecular formula is C15H17ClN2O2S. The summed E-state index contributed by atoms with van der Waals surface area (Å²) in [5.41, 5.74) is 0.387. The SMILES string of the molecule is O=C(O)c1cccn1C1CCN(Cc2ccc(Cl)s2)CC1. The first-order valence-corrected chi connectivity index (χ1v) is 8.19. The van der Waals surface area contributed by atoms with Crippen molar-refractivity contribution in [1.29, 1.82) is 0 Å². The molecule has 1 saturated heterocycles. The van der Waals surface area contributed by atoms with Gasteiger partial charge >= 0.3 is 5.97 Å². The van der Waals surface area contributed by atoms with Gasteiger partial charge in [-0.25, -0.2) is 4.79 Å². The van der Waals surface area contributed by atoms with E-state index in [2.05, 4.69) is 11.0 Å². The van der Waals surface area contributed by atoms with Gasteiger partial charge in [0.2, 0.25) is 0 Å². The second-order valence-electron chi connectivity index (χ2n) is 5.32. The number of rotatable bonds is 4. The highest BCUT2D eigenvalue weighted by molar-refractivity contribution is 7.16. The number of hydrogen-bond acceptors (Lipinski definition) is 3. The number of carbonyl (C=O) groups is 1. The Labute approximate surface area is 132 Å². The van der Waals surface area contributed by atoms with E-state index >= 15 is 0 Å². The van der Waals surface area contributed by atoms with Gasteiger partial charge in [-0.3, -0.25) is 4.90 Å². The number of likely N-dealkylation sites (tertiary alicyclic amines) is 1. The van der Waals surface area contributed by atoms with Crippen LogP contribution in [-0.2, 0) is 6.54 Å². The van der Waals surface area contributed by atoms with Crippen molar-refractivity contribution < 1.29 is 9.90 Å². The molecule has 0 bridgehead atoms. The maximum Gasteiger partial charge on any atom is 0.352 e. The van der Waals surface area contributed by atoms with Crippen LogP contribution in [0.5, 0.6) is 0 Å². The fraction of sp³-hybridized carbons (Fsp3) is 0.400. The normalized spacial score (nSPS) is 17.2. The fourth-order valence-corrected chi connectivity index (χ4v) is 4.04. The molecule has 0 saturated carbocycles. The zero-order valence-electron chi connectivity index (χ0n) is 11.5. The summed E-state index contributed by atoms with van der Waals surface area (Å²) < 4.78 is 2.74. The molecule has 2 aromatic heterocycles. The highest BCUT2D eigenvalue weighted by Crippen LogP contribution is 2.28. The van der Waals surface area contributed by atoms with E-state index in [9.17, 15) is 9.90 Å². The van der Waals surface area contributed by atoms with Crippen LogP contribution in [-0.4, -0.2) is 33.6 Å². The monoisotopic (exact) mass is 324 g/mol. The molecule has 6 heteroatoms. The van der Waals surface area contributed by atoms with Gasteiger partial charge in [-0.05, 0) is 37.1 Å². The van der Waals surface area contributed by atoms with E-state index in [1.54, 1.807) is 17.4 Å². The lowest BCUT2D eigenvalue weighted by Gasteiger charge is -2.33. The third-order valence-electron chi connectivity index (χ3n) is 3.96. The standard InChI is InChI=1S/C15H17ClN2O2S/c16-14-4-3-12(21-14)10-17-8-5-11(6-9-17)18-7-1-2-13(18)15(19)20/h1-4,7,11H,5-6,8-10H2,(H,19,20). The van der Waals surface area contributed by atoms with Crippen molar-refractivity contribution in [2.45, 2.75) is 25.4 Å². The van der Waals surface area contributed by atoms with Crippen LogP contribution in [0.25, 0.3) is 0 Å². The van der Waals surface area contributed by atoms with Gasteiger partial charge in [0.25, 0.3) is 0 Å². The molecule has 3 heterocycles. The third kappa shape index (κ3) is 3.31. The second-order valence-corrected chi connectivity index (χ2v) is 7.12. The van der Waals surface area contributed by atoms with Crippen LogP contribution in [0.15, 0.2) is 30.5 Å². The van der Waals surface area contributed by atoms with Crippen LogP contribution in [0.4, 0.5) is 0 Å². The van der Waals surface area contributed by atoms with Crippen LogP contribution < -0.4 is 0 Å². The minimum absolute atomic E-state index is 0.286. The number of carboxylic acids is 1. The largest absolute Gasteiger partial charge is 0.477 e. The van der Waals surface area contributed by atoms with E-state index in [0.717, 1.165) is 36.8 Å². The highest BCUT2D eigenvalue weighted by Gasteiger charge is 2.23. The van der Waals surface area contributed by atoms with Crippen molar-refractivity contribution in [1.82, 2.24) is 9.47 Å². The summed E-state index contributed by atoms with van der Waals surface area (Å²) >= 11 is 7.58. The Balaban J connectivity index is 1.60. The molecule has 0 aromatic carbocycles. The van der Waals surface area contributed by atoms with Crippen LogP contribution >= 0.6 is 22.9 Å². The lowest BCUT2D eigenvalue weighted by atomic mass is 10.0. The van der Waals surface area contributed by atoms with E-state index in [1.807, 2.05) is 22.9 Å². The molecule has 2 aromatic rings. The zero-order chi connectivity index (χ0) is 14.8. The summed E-state index contributed by atoms with van der Waals surface area (Å²) in [4.78, 5) is 14.9. The van der Waals surface area contributed by atoms with Crippen molar-refractivity contribution in [3.63, 3.8) is 0 Å². The van der Waals surface area contributed by atoms with Gasteiger partial charge in [0.15, 0.2) is 0 Å². The molecule has 3 rings (SSSR count). The minimum Gasteiger partial charge on any atom is -0.477 e. The van der Waals surface area contributed by atoms with E-state index in [-0.39, 0.29) is 6.04 Å². The van der Waals surface area contributed by atoms with Crippen LogP contribution in [0.1, 0.15) is 34.2 Å². The number of carboxylic acid groups (broad SMARTS) is 1. The predicted molar refractivity (Wildman–Crippen MR) is 84.3 cm³/mol. The smallest absolute Gasteiger partial charge is 0.352 e. The fourth-order valence-electron chi connectivity index (χ4n) is 2.91. The Morgan fingerprint density at radius 1 is 1.33 bits per heavy atom. The van der Waals surface area contributed by atoms with Crippen molar-refractivity contribution in [2.24, 2.45) is 0 Å². The highest BCUT2D eigenvalue weighted by atomic mass is 35.5. The van der Waals surface area contributed by atoms with Gasteiger partial charge in [-0.2, -0.15) is 0 Å². The van der Waals surface area contributed by atoms with E-state index in [0.29, 0.717) is 5.69 Å². The van der Waals surface area contributed by atoms with Crippen molar-refractivity contribution in [2.75, 3.05) is 13.1 Å². The molecule has 0 aliphatic carbocycles. The summed E-state index contributed by atoms with van der Waals surface area (Å²) in [7, 11) is 0. The molecule has 21 heavy (non-hydrogen) atoms. The Morgan fingerprint density at radius 2 is 2.10 bits per heavy atom. The molecule has 0 atom stereocenters. The van der Waals surface area contributed by atoms with E-state index < -0.39 is 5.97 Å². The number of hydrogen-bond donors (Lipinski definition) is 1. The molecule has 0 unspecified atom stereocenters. The maximum atomic E-state index is 11.2. The average molecular weight is 325 g/mol. The van der Waals surface area contributed by atoms with Crippen molar-refractivity contribution in [3.8, 4) is 0 Å². The molecule has 112 valence electrons. The maximum absolute atomic E-state index is 11.2. The second kappa shape index (κ2) is 6.22. The first-order chi connectivity index (χ1) is 10.1. The van der Waals surface area contributed by atoms with Crippen LogP contribution in [0.3, 0.4) is 0 Å². The summed E-state index contributed by atoms with van der Waals surface area (Å²) in [6.45, 7) is 2.90. The predicted octanol–water partition coefficient (Wildman–Crippen LogP) is 3.74. The van der Waals surface area contributed by atoms with Crippen LogP contribution in [0, 0.1) is 0 Å². The topological polar surface area (TPSA) is 45.5 Å². The number of aromatic carboxylic acids is 1. The Kier molecular flexibility index (Phi) is 4.33. The molecule has 1 aliphatic heterocycles. The summed E-state index contributed by atoms with van der Waals surface area (Å²) in [5, 5.41) is 9.19. The Hall–Kier alpha value is -1.30. The van der Waals surface area contributed by atoms with Crippen molar-refractivity contribution >= 4 is 28.9 Å². The molecular weight excluding hydrogens is 308 g/mol.